The first-order valence-electron chi connectivity index (χ1n) is 4.54. The normalized spacial score (nSPS) is 10.2. The van der Waals surface area contributed by atoms with Crippen LogP contribution in [0.1, 0.15) is 5.69 Å². The molecule has 78 valence electrons. The summed E-state index contributed by atoms with van der Waals surface area (Å²) in [5, 5.41) is 0. The van der Waals surface area contributed by atoms with Crippen molar-refractivity contribution in [3.05, 3.63) is 18.2 Å². The zero-order valence-electron chi connectivity index (χ0n) is 8.60. The van der Waals surface area contributed by atoms with Gasteiger partial charge in [-0.2, -0.15) is 0 Å². The van der Waals surface area contributed by atoms with Crippen molar-refractivity contribution in [2.24, 2.45) is 5.73 Å². The van der Waals surface area contributed by atoms with E-state index in [2.05, 4.69) is 4.98 Å². The zero-order chi connectivity index (χ0) is 10.6. The predicted molar refractivity (Wildman–Crippen MR) is 53.7 cm³/mol. The van der Waals surface area contributed by atoms with Gasteiger partial charge in [0.25, 0.3) is 0 Å². The number of nitrogens with two attached hydrogens (primary N) is 1. The molecule has 0 fully saturated rings. The average Bonchev–Trinajstić information content (AvgIpc) is 2.53. The minimum Gasteiger partial charge on any atom is -0.347 e. The molecule has 0 saturated carbocycles. The number of carbonyl (C=O) groups is 1. The van der Waals surface area contributed by atoms with Gasteiger partial charge in [-0.1, -0.05) is 0 Å². The number of aromatic nitrogens is 2. The molecule has 0 saturated heterocycles. The lowest BCUT2D eigenvalue weighted by atomic mass is 10.3. The first-order valence-corrected chi connectivity index (χ1v) is 4.54. The minimum absolute atomic E-state index is 0.0571. The molecule has 0 bridgehead atoms. The number of likely N-dealkylation sites (N-methyl/N-ethyl adjacent to an activating group) is 1. The molecule has 0 unspecified atom stereocenters. The van der Waals surface area contributed by atoms with E-state index in [1.54, 1.807) is 29.9 Å². The highest BCUT2D eigenvalue weighted by molar-refractivity contribution is 5.75. The molecule has 1 rings (SSSR count). The van der Waals surface area contributed by atoms with E-state index in [9.17, 15) is 4.79 Å². The highest BCUT2D eigenvalue weighted by Gasteiger charge is 2.05. The Morgan fingerprint density at radius 1 is 1.64 bits per heavy atom. The summed E-state index contributed by atoms with van der Waals surface area (Å²) in [4.78, 5) is 17.0. The fourth-order valence-corrected chi connectivity index (χ4v) is 1.07. The molecular formula is C9H16N4O. The molecule has 0 aliphatic rings. The first-order chi connectivity index (χ1) is 6.63. The van der Waals surface area contributed by atoms with Crippen molar-refractivity contribution in [1.29, 1.82) is 0 Å². The number of carbonyl (C=O) groups excluding carboxylic acids is 1. The smallest absolute Gasteiger partial charge is 0.242 e. The molecule has 1 aromatic rings. The van der Waals surface area contributed by atoms with Crippen LogP contribution in [-0.2, 0) is 17.8 Å². The highest BCUT2D eigenvalue weighted by Crippen LogP contribution is 1.97. The van der Waals surface area contributed by atoms with Gasteiger partial charge in [0.2, 0.25) is 5.91 Å². The molecule has 1 amide bonds. The Bertz CT molecular complexity index is 306. The molecule has 0 aromatic carbocycles. The molecule has 5 nitrogen and oxygen atoms in total. The van der Waals surface area contributed by atoms with E-state index in [-0.39, 0.29) is 5.91 Å². The van der Waals surface area contributed by atoms with Crippen molar-refractivity contribution >= 4 is 5.91 Å². The molecule has 1 heterocycles. The van der Waals surface area contributed by atoms with Crippen molar-refractivity contribution in [3.63, 3.8) is 0 Å². The third kappa shape index (κ3) is 2.85. The van der Waals surface area contributed by atoms with Gasteiger partial charge in [0, 0.05) is 26.7 Å². The van der Waals surface area contributed by atoms with E-state index in [4.69, 9.17) is 5.73 Å². The number of hydrogen-bond acceptors (Lipinski definition) is 3. The molecule has 2 N–H and O–H groups in total. The second-order valence-corrected chi connectivity index (χ2v) is 3.36. The van der Waals surface area contributed by atoms with Gasteiger partial charge in [-0.15, -0.1) is 0 Å². The summed E-state index contributed by atoms with van der Waals surface area (Å²) in [6.07, 6.45) is 4.27. The van der Waals surface area contributed by atoms with Crippen LogP contribution >= 0.6 is 0 Å². The summed E-state index contributed by atoms with van der Waals surface area (Å²) in [6, 6.07) is 0. The van der Waals surface area contributed by atoms with Crippen LogP contribution in [0.2, 0.25) is 0 Å². The number of rotatable bonds is 4. The SMILES string of the molecule is CN(C)C(=O)Cn1cnc(CCN)c1. The third-order valence-electron chi connectivity index (χ3n) is 1.90. The highest BCUT2D eigenvalue weighted by atomic mass is 16.2. The van der Waals surface area contributed by atoms with Crippen molar-refractivity contribution < 1.29 is 4.79 Å². The Kier molecular flexibility index (Phi) is 3.64. The molecule has 14 heavy (non-hydrogen) atoms. The summed E-state index contributed by atoms with van der Waals surface area (Å²) < 4.78 is 1.77. The minimum atomic E-state index is 0.0571. The maximum absolute atomic E-state index is 11.3. The van der Waals surface area contributed by atoms with E-state index < -0.39 is 0 Å². The van der Waals surface area contributed by atoms with Crippen LogP contribution in [0.15, 0.2) is 12.5 Å². The Balaban J connectivity index is 2.55. The number of amides is 1. The summed E-state index contributed by atoms with van der Waals surface area (Å²) in [5.74, 6) is 0.0571. The summed E-state index contributed by atoms with van der Waals surface area (Å²) in [5.41, 5.74) is 6.32. The summed E-state index contributed by atoms with van der Waals surface area (Å²) in [6.45, 7) is 0.920. The topological polar surface area (TPSA) is 64.2 Å². The number of imidazole rings is 1. The largest absolute Gasteiger partial charge is 0.347 e. The van der Waals surface area contributed by atoms with Crippen LogP contribution in [-0.4, -0.2) is 41.0 Å². The van der Waals surface area contributed by atoms with Crippen molar-refractivity contribution in [3.8, 4) is 0 Å². The molecule has 0 atom stereocenters. The van der Waals surface area contributed by atoms with Crippen LogP contribution in [0.25, 0.3) is 0 Å². The van der Waals surface area contributed by atoms with Crippen molar-refractivity contribution in [2.75, 3.05) is 20.6 Å². The van der Waals surface area contributed by atoms with Gasteiger partial charge in [-0.25, -0.2) is 4.98 Å². The van der Waals surface area contributed by atoms with E-state index in [0.29, 0.717) is 13.1 Å². The first kappa shape index (κ1) is 10.7. The fraction of sp³-hybridized carbons (Fsp3) is 0.556. The molecule has 0 aliphatic heterocycles. The summed E-state index contributed by atoms with van der Waals surface area (Å²) in [7, 11) is 3.47. The Morgan fingerprint density at radius 2 is 2.36 bits per heavy atom. The van der Waals surface area contributed by atoms with Crippen LogP contribution in [0, 0.1) is 0 Å². The average molecular weight is 196 g/mol. The monoisotopic (exact) mass is 196 g/mol. The van der Waals surface area contributed by atoms with Gasteiger partial charge in [-0.05, 0) is 6.54 Å². The molecule has 1 aromatic heterocycles. The quantitative estimate of drug-likeness (QED) is 0.704. The molecule has 5 heteroatoms. The van der Waals surface area contributed by atoms with Crippen molar-refractivity contribution in [2.45, 2.75) is 13.0 Å². The van der Waals surface area contributed by atoms with Crippen molar-refractivity contribution in [1.82, 2.24) is 14.5 Å². The van der Waals surface area contributed by atoms with Gasteiger partial charge in [0.15, 0.2) is 0 Å². The number of nitrogens with zero attached hydrogens (tertiary/aromatic N) is 3. The second-order valence-electron chi connectivity index (χ2n) is 3.36. The summed E-state index contributed by atoms with van der Waals surface area (Å²) >= 11 is 0. The Hall–Kier alpha value is -1.36. The van der Waals surface area contributed by atoms with E-state index in [0.717, 1.165) is 12.1 Å². The molecule has 0 spiro atoms. The van der Waals surface area contributed by atoms with Gasteiger partial charge in [0.05, 0.1) is 12.0 Å². The molecule has 0 radical (unpaired) electrons. The second kappa shape index (κ2) is 4.76. The fourth-order valence-electron chi connectivity index (χ4n) is 1.07. The van der Waals surface area contributed by atoms with Gasteiger partial charge >= 0.3 is 0 Å². The number of hydrogen-bond donors (Lipinski definition) is 1. The van der Waals surface area contributed by atoms with Gasteiger partial charge < -0.3 is 15.2 Å². The van der Waals surface area contributed by atoms with Crippen LogP contribution < -0.4 is 5.73 Å². The van der Waals surface area contributed by atoms with E-state index in [1.165, 1.54) is 0 Å². The van der Waals surface area contributed by atoms with Gasteiger partial charge in [-0.3, -0.25) is 4.79 Å². The third-order valence-corrected chi connectivity index (χ3v) is 1.90. The maximum Gasteiger partial charge on any atom is 0.242 e. The Morgan fingerprint density at radius 3 is 2.93 bits per heavy atom. The molecule has 0 aliphatic carbocycles. The van der Waals surface area contributed by atoms with E-state index >= 15 is 0 Å². The lowest BCUT2D eigenvalue weighted by molar-refractivity contribution is -0.129. The van der Waals surface area contributed by atoms with Crippen LogP contribution in [0.4, 0.5) is 0 Å². The molecular weight excluding hydrogens is 180 g/mol. The zero-order valence-corrected chi connectivity index (χ0v) is 8.60. The lowest BCUT2D eigenvalue weighted by Gasteiger charge is -2.09. The Labute approximate surface area is 83.5 Å². The van der Waals surface area contributed by atoms with E-state index in [1.807, 2.05) is 6.20 Å². The predicted octanol–water partition coefficient (Wildman–Crippen LogP) is -0.527. The standard InChI is InChI=1S/C9H16N4O/c1-12(2)9(14)6-13-5-8(3-4-10)11-7-13/h5,7H,3-4,6,10H2,1-2H3. The maximum atomic E-state index is 11.3. The van der Waals surface area contributed by atoms with Gasteiger partial charge in [0.1, 0.15) is 6.54 Å². The van der Waals surface area contributed by atoms with Crippen LogP contribution in [0.5, 0.6) is 0 Å². The lowest BCUT2D eigenvalue weighted by Crippen LogP contribution is -2.25. The van der Waals surface area contributed by atoms with Crippen LogP contribution in [0.3, 0.4) is 0 Å².